The predicted octanol–water partition coefficient (Wildman–Crippen LogP) is 6.35. The molecular formula is C35H50N2O3. The molecular weight excluding hydrogens is 496 g/mol. The predicted molar refractivity (Wildman–Crippen MR) is 161 cm³/mol. The van der Waals surface area contributed by atoms with Gasteiger partial charge in [-0.15, -0.1) is 0 Å². The first-order valence-corrected chi connectivity index (χ1v) is 15.7. The SMILES string of the molecule is NC(=O)C(Cc1ccccc1)CC(O)C(CC1CCCCC1)C(Cc1ccccc1)(CC1CCCCC1)C(N)=O. The molecule has 0 aromatic heterocycles. The molecule has 2 amide bonds. The zero-order valence-electron chi connectivity index (χ0n) is 24.2. The average Bonchev–Trinajstić information content (AvgIpc) is 2.97. The van der Waals surface area contributed by atoms with Gasteiger partial charge in [-0.1, -0.05) is 125 Å². The van der Waals surface area contributed by atoms with Gasteiger partial charge in [0, 0.05) is 5.92 Å². The van der Waals surface area contributed by atoms with Crippen molar-refractivity contribution in [2.75, 3.05) is 0 Å². The minimum Gasteiger partial charge on any atom is -0.393 e. The highest BCUT2D eigenvalue weighted by molar-refractivity contribution is 5.82. The van der Waals surface area contributed by atoms with E-state index in [1.807, 2.05) is 48.5 Å². The van der Waals surface area contributed by atoms with Crippen LogP contribution in [0.1, 0.15) is 94.6 Å². The fourth-order valence-electron chi connectivity index (χ4n) is 7.78. The van der Waals surface area contributed by atoms with E-state index in [1.165, 1.54) is 38.5 Å². The number of primary amides is 2. The molecule has 4 atom stereocenters. The lowest BCUT2D eigenvalue weighted by molar-refractivity contribution is -0.139. The van der Waals surface area contributed by atoms with Crippen LogP contribution in [0.25, 0.3) is 0 Å². The summed E-state index contributed by atoms with van der Waals surface area (Å²) in [6.45, 7) is 0. The first kappa shape index (κ1) is 30.3. The molecule has 2 aromatic rings. The standard InChI is InChI=1S/C35H50N2O3/c36-33(39)30(21-26-13-5-1-6-14-26)23-32(38)31(22-27-15-7-2-8-16-27)35(34(37)40,24-28-17-9-3-10-18-28)25-29-19-11-4-12-20-29/h1,3,5-6,9-10,13-14,17-18,27,29-32,38H,2,4,7-8,11-12,15-16,19-25H2,(H2,36,39)(H2,37,40). The van der Waals surface area contributed by atoms with Crippen LogP contribution in [0.4, 0.5) is 0 Å². The van der Waals surface area contributed by atoms with Crippen molar-refractivity contribution in [2.45, 2.75) is 102 Å². The Morgan fingerprint density at radius 1 is 0.775 bits per heavy atom. The smallest absolute Gasteiger partial charge is 0.224 e. The number of aliphatic hydroxyl groups is 1. The van der Waals surface area contributed by atoms with Crippen LogP contribution >= 0.6 is 0 Å². The second kappa shape index (κ2) is 14.8. The van der Waals surface area contributed by atoms with E-state index in [1.54, 1.807) is 0 Å². The van der Waals surface area contributed by atoms with Gasteiger partial charge in [-0.3, -0.25) is 9.59 Å². The fraction of sp³-hybridized carbons (Fsp3) is 0.600. The van der Waals surface area contributed by atoms with Crippen LogP contribution in [0.3, 0.4) is 0 Å². The van der Waals surface area contributed by atoms with Gasteiger partial charge in [0.15, 0.2) is 0 Å². The Balaban J connectivity index is 1.70. The van der Waals surface area contributed by atoms with Gasteiger partial charge < -0.3 is 16.6 Å². The molecule has 40 heavy (non-hydrogen) atoms. The number of aliphatic hydroxyl groups excluding tert-OH is 1. The molecule has 0 bridgehead atoms. The molecule has 5 heteroatoms. The molecule has 0 spiro atoms. The number of nitrogens with two attached hydrogens (primary N) is 2. The lowest BCUT2D eigenvalue weighted by atomic mass is 9.59. The zero-order chi connectivity index (χ0) is 28.4. The van der Waals surface area contributed by atoms with Gasteiger partial charge in [0.1, 0.15) is 0 Å². The van der Waals surface area contributed by atoms with Crippen molar-refractivity contribution in [2.24, 2.45) is 40.6 Å². The lowest BCUT2D eigenvalue weighted by Crippen LogP contribution is -2.52. The number of benzene rings is 2. The van der Waals surface area contributed by atoms with Crippen LogP contribution in [0.2, 0.25) is 0 Å². The van der Waals surface area contributed by atoms with Crippen LogP contribution in [0.5, 0.6) is 0 Å². The van der Waals surface area contributed by atoms with E-state index in [0.29, 0.717) is 31.1 Å². The molecule has 0 saturated heterocycles. The van der Waals surface area contributed by atoms with Crippen molar-refractivity contribution < 1.29 is 14.7 Å². The summed E-state index contributed by atoms with van der Waals surface area (Å²) >= 11 is 0. The van der Waals surface area contributed by atoms with Crippen LogP contribution < -0.4 is 11.5 Å². The van der Waals surface area contributed by atoms with Crippen molar-refractivity contribution in [3.05, 3.63) is 71.8 Å². The van der Waals surface area contributed by atoms with Gasteiger partial charge in [-0.05, 0) is 61.0 Å². The molecule has 2 aliphatic carbocycles. The molecule has 218 valence electrons. The first-order chi connectivity index (χ1) is 19.4. The number of rotatable bonds is 14. The van der Waals surface area contributed by atoms with Gasteiger partial charge >= 0.3 is 0 Å². The van der Waals surface area contributed by atoms with E-state index in [2.05, 4.69) is 12.1 Å². The minimum absolute atomic E-state index is 0.246. The minimum atomic E-state index is -0.880. The Labute approximate surface area is 241 Å². The van der Waals surface area contributed by atoms with E-state index in [0.717, 1.165) is 43.2 Å². The highest BCUT2D eigenvalue weighted by Crippen LogP contribution is 2.48. The third-order valence-corrected chi connectivity index (χ3v) is 9.97. The van der Waals surface area contributed by atoms with Crippen LogP contribution in [0, 0.1) is 29.1 Å². The summed E-state index contributed by atoms with van der Waals surface area (Å²) in [6.07, 6.45) is 13.6. The molecule has 2 fully saturated rings. The molecule has 5 nitrogen and oxygen atoms in total. The summed E-state index contributed by atoms with van der Waals surface area (Å²) in [5.74, 6) is -0.673. The van der Waals surface area contributed by atoms with Crippen molar-refractivity contribution >= 4 is 11.8 Å². The maximum absolute atomic E-state index is 13.8. The summed E-state index contributed by atoms with van der Waals surface area (Å²) in [7, 11) is 0. The van der Waals surface area contributed by atoms with E-state index in [9.17, 15) is 14.7 Å². The summed E-state index contributed by atoms with van der Waals surface area (Å²) in [5.41, 5.74) is 13.6. The maximum Gasteiger partial charge on any atom is 0.224 e. The molecule has 0 heterocycles. The molecule has 5 N–H and O–H groups in total. The van der Waals surface area contributed by atoms with E-state index in [-0.39, 0.29) is 18.2 Å². The largest absolute Gasteiger partial charge is 0.393 e. The Morgan fingerprint density at radius 3 is 1.82 bits per heavy atom. The monoisotopic (exact) mass is 546 g/mol. The lowest BCUT2D eigenvalue weighted by Gasteiger charge is -2.45. The Bertz CT molecular complexity index is 1050. The molecule has 0 aliphatic heterocycles. The molecule has 2 aromatic carbocycles. The molecule has 0 radical (unpaired) electrons. The van der Waals surface area contributed by atoms with Crippen LogP contribution in [-0.2, 0) is 22.4 Å². The first-order valence-electron chi connectivity index (χ1n) is 15.7. The van der Waals surface area contributed by atoms with Crippen molar-refractivity contribution in [3.8, 4) is 0 Å². The second-order valence-corrected chi connectivity index (χ2v) is 12.8. The summed E-state index contributed by atoms with van der Waals surface area (Å²) in [5, 5.41) is 12.1. The number of hydrogen-bond acceptors (Lipinski definition) is 3. The number of hydrogen-bond donors (Lipinski definition) is 3. The summed E-state index contributed by atoms with van der Waals surface area (Å²) in [6, 6.07) is 20.0. The van der Waals surface area contributed by atoms with Gasteiger partial charge in [-0.2, -0.15) is 0 Å². The van der Waals surface area contributed by atoms with Gasteiger partial charge in [0.25, 0.3) is 0 Å². The maximum atomic E-state index is 13.8. The zero-order valence-corrected chi connectivity index (χ0v) is 24.2. The summed E-state index contributed by atoms with van der Waals surface area (Å²) < 4.78 is 0. The van der Waals surface area contributed by atoms with Crippen molar-refractivity contribution in [1.82, 2.24) is 0 Å². The van der Waals surface area contributed by atoms with E-state index in [4.69, 9.17) is 11.5 Å². The van der Waals surface area contributed by atoms with Crippen molar-refractivity contribution in [1.29, 1.82) is 0 Å². The third-order valence-electron chi connectivity index (χ3n) is 9.97. The fourth-order valence-corrected chi connectivity index (χ4v) is 7.78. The highest BCUT2D eigenvalue weighted by atomic mass is 16.3. The van der Waals surface area contributed by atoms with Gasteiger partial charge in [0.2, 0.25) is 11.8 Å². The third kappa shape index (κ3) is 8.19. The Kier molecular flexibility index (Phi) is 11.2. The normalized spacial score (nSPS) is 20.7. The number of carbonyl (C=O) groups excluding carboxylic acids is 2. The Morgan fingerprint density at radius 2 is 1.30 bits per heavy atom. The van der Waals surface area contributed by atoms with Gasteiger partial charge in [-0.25, -0.2) is 0 Å². The summed E-state index contributed by atoms with van der Waals surface area (Å²) in [4.78, 5) is 26.5. The molecule has 4 rings (SSSR count). The molecule has 4 unspecified atom stereocenters. The van der Waals surface area contributed by atoms with Crippen LogP contribution in [0.15, 0.2) is 60.7 Å². The molecule has 2 aliphatic rings. The Hall–Kier alpha value is -2.66. The molecule has 2 saturated carbocycles. The number of carbonyl (C=O) groups is 2. The topological polar surface area (TPSA) is 106 Å². The van der Waals surface area contributed by atoms with E-state index < -0.39 is 23.3 Å². The average molecular weight is 547 g/mol. The number of amides is 2. The van der Waals surface area contributed by atoms with Crippen molar-refractivity contribution in [3.63, 3.8) is 0 Å². The highest BCUT2D eigenvalue weighted by Gasteiger charge is 2.49. The van der Waals surface area contributed by atoms with E-state index >= 15 is 0 Å². The quantitative estimate of drug-likeness (QED) is 0.257. The van der Waals surface area contributed by atoms with Gasteiger partial charge in [0.05, 0.1) is 11.5 Å². The second-order valence-electron chi connectivity index (χ2n) is 12.8. The van der Waals surface area contributed by atoms with Crippen LogP contribution in [-0.4, -0.2) is 23.0 Å².